The summed E-state index contributed by atoms with van der Waals surface area (Å²) in [4.78, 5) is 11.7. The van der Waals surface area contributed by atoms with Crippen molar-refractivity contribution in [2.45, 2.75) is 0 Å². The molecule has 23 heavy (non-hydrogen) atoms. The van der Waals surface area contributed by atoms with Crippen molar-refractivity contribution in [2.24, 2.45) is 5.10 Å². The fourth-order valence-electron chi connectivity index (χ4n) is 1.67. The lowest BCUT2D eigenvalue weighted by molar-refractivity contribution is -0.119. The van der Waals surface area contributed by atoms with Gasteiger partial charge in [-0.3, -0.25) is 4.79 Å². The van der Waals surface area contributed by atoms with Crippen LogP contribution in [0.15, 0.2) is 50.4 Å². The highest BCUT2D eigenvalue weighted by Crippen LogP contribution is 2.33. The van der Waals surface area contributed by atoms with E-state index in [2.05, 4.69) is 47.7 Å². The summed E-state index contributed by atoms with van der Waals surface area (Å²) >= 11 is 12.6. The predicted octanol–water partition coefficient (Wildman–Crippen LogP) is 4.57. The lowest BCUT2D eigenvalue weighted by Gasteiger charge is -2.10. The second kappa shape index (κ2) is 8.42. The lowest BCUT2D eigenvalue weighted by atomic mass is 10.2. The van der Waals surface area contributed by atoms with Gasteiger partial charge < -0.3 is 5.32 Å². The van der Waals surface area contributed by atoms with Crippen molar-refractivity contribution in [1.29, 1.82) is 0 Å². The zero-order chi connectivity index (χ0) is 16.8. The van der Waals surface area contributed by atoms with E-state index < -0.39 is 5.82 Å². The van der Waals surface area contributed by atoms with Crippen LogP contribution in [-0.4, -0.2) is 18.7 Å². The Labute approximate surface area is 154 Å². The molecule has 2 aromatic rings. The molecule has 2 N–H and O–H groups in total. The Balaban J connectivity index is 1.90. The highest BCUT2D eigenvalue weighted by Gasteiger charge is 2.08. The summed E-state index contributed by atoms with van der Waals surface area (Å²) < 4.78 is 14.8. The Hall–Kier alpha value is -1.44. The molecule has 0 bridgehead atoms. The molecule has 0 aliphatic carbocycles. The van der Waals surface area contributed by atoms with Crippen LogP contribution in [-0.2, 0) is 4.79 Å². The van der Waals surface area contributed by atoms with E-state index in [1.807, 2.05) is 0 Å². The van der Waals surface area contributed by atoms with E-state index in [1.54, 1.807) is 30.3 Å². The van der Waals surface area contributed by atoms with Gasteiger partial charge in [0.15, 0.2) is 0 Å². The van der Waals surface area contributed by atoms with Gasteiger partial charge >= 0.3 is 0 Å². The van der Waals surface area contributed by atoms with Crippen molar-refractivity contribution in [3.63, 3.8) is 0 Å². The summed E-state index contributed by atoms with van der Waals surface area (Å²) in [5.74, 6) is -0.774. The number of halogens is 4. The summed E-state index contributed by atoms with van der Waals surface area (Å²) in [6.45, 7) is -0.00650. The first kappa shape index (κ1) is 17.9. The molecular weight excluding hydrogens is 452 g/mol. The molecule has 0 aliphatic heterocycles. The van der Waals surface area contributed by atoms with Gasteiger partial charge in [-0.25, -0.2) is 9.82 Å². The Morgan fingerprint density at radius 1 is 1.26 bits per heavy atom. The summed E-state index contributed by atoms with van der Waals surface area (Å²) in [5.41, 5.74) is 3.32. The van der Waals surface area contributed by atoms with Gasteiger partial charge in [0.1, 0.15) is 5.82 Å². The monoisotopic (exact) mass is 461 g/mol. The van der Waals surface area contributed by atoms with Crippen LogP contribution < -0.4 is 10.7 Å². The minimum Gasteiger partial charge on any atom is -0.374 e. The second-order valence-electron chi connectivity index (χ2n) is 4.41. The Morgan fingerprint density at radius 3 is 2.57 bits per heavy atom. The number of carbonyl (C=O) groups is 1. The maximum absolute atomic E-state index is 13.4. The average molecular weight is 464 g/mol. The highest BCUT2D eigenvalue weighted by molar-refractivity contribution is 9.11. The van der Waals surface area contributed by atoms with Gasteiger partial charge in [0.25, 0.3) is 5.91 Å². The third-order valence-corrected chi connectivity index (χ3v) is 4.20. The SMILES string of the molecule is O=C(CNc1c(Br)cc(Cl)cc1Br)N/N=C\c1ccccc1F. The van der Waals surface area contributed by atoms with Gasteiger partial charge in [-0.05, 0) is 50.1 Å². The molecule has 0 radical (unpaired) electrons. The van der Waals surface area contributed by atoms with Crippen molar-refractivity contribution in [3.05, 3.63) is 61.7 Å². The quantitative estimate of drug-likeness (QED) is 0.504. The van der Waals surface area contributed by atoms with E-state index in [1.165, 1.54) is 12.3 Å². The Kier molecular flexibility index (Phi) is 6.56. The van der Waals surface area contributed by atoms with Gasteiger partial charge in [-0.2, -0.15) is 5.10 Å². The smallest absolute Gasteiger partial charge is 0.259 e. The maximum Gasteiger partial charge on any atom is 0.259 e. The molecule has 0 saturated carbocycles. The molecule has 2 rings (SSSR count). The van der Waals surface area contributed by atoms with Crippen LogP contribution in [0, 0.1) is 5.82 Å². The van der Waals surface area contributed by atoms with E-state index in [0.717, 1.165) is 8.95 Å². The molecule has 120 valence electrons. The number of hydrogen-bond acceptors (Lipinski definition) is 3. The van der Waals surface area contributed by atoms with Crippen LogP contribution in [0.3, 0.4) is 0 Å². The minimum atomic E-state index is -0.405. The van der Waals surface area contributed by atoms with E-state index in [0.29, 0.717) is 16.3 Å². The third-order valence-electron chi connectivity index (χ3n) is 2.73. The van der Waals surface area contributed by atoms with Crippen LogP contribution in [0.5, 0.6) is 0 Å². The van der Waals surface area contributed by atoms with Crippen LogP contribution in [0.1, 0.15) is 5.56 Å². The summed E-state index contributed by atoms with van der Waals surface area (Å²) in [6, 6.07) is 9.57. The molecular formula is C15H11Br2ClFN3O. The summed E-state index contributed by atoms with van der Waals surface area (Å²) in [5, 5.41) is 7.24. The van der Waals surface area contributed by atoms with Gasteiger partial charge in [0.2, 0.25) is 0 Å². The topological polar surface area (TPSA) is 53.5 Å². The van der Waals surface area contributed by atoms with Gasteiger partial charge in [0, 0.05) is 19.5 Å². The first-order chi connectivity index (χ1) is 11.0. The fourth-order valence-corrected chi connectivity index (χ4v) is 3.62. The molecule has 0 saturated heterocycles. The molecule has 0 spiro atoms. The Morgan fingerprint density at radius 2 is 1.91 bits per heavy atom. The molecule has 0 unspecified atom stereocenters. The maximum atomic E-state index is 13.4. The number of nitrogens with zero attached hydrogens (tertiary/aromatic N) is 1. The van der Waals surface area contributed by atoms with Gasteiger partial charge in [-0.1, -0.05) is 29.8 Å². The van der Waals surface area contributed by atoms with Crippen LogP contribution in [0.25, 0.3) is 0 Å². The standard InChI is InChI=1S/C15H11Br2ClFN3O/c16-11-5-10(18)6-12(17)15(11)20-8-14(23)22-21-7-9-3-1-2-4-13(9)19/h1-7,20H,8H2,(H,22,23)/b21-7-. The second-order valence-corrected chi connectivity index (χ2v) is 6.56. The first-order valence-electron chi connectivity index (χ1n) is 6.42. The molecule has 1 amide bonds. The molecule has 0 heterocycles. The van der Waals surface area contributed by atoms with Crippen molar-refractivity contribution >= 4 is 61.3 Å². The van der Waals surface area contributed by atoms with Gasteiger partial charge in [0.05, 0.1) is 18.4 Å². The summed E-state index contributed by atoms with van der Waals surface area (Å²) in [7, 11) is 0. The molecule has 0 atom stereocenters. The van der Waals surface area contributed by atoms with E-state index in [9.17, 15) is 9.18 Å². The van der Waals surface area contributed by atoms with Crippen molar-refractivity contribution < 1.29 is 9.18 Å². The normalized spacial score (nSPS) is 10.8. The zero-order valence-electron chi connectivity index (χ0n) is 11.6. The van der Waals surface area contributed by atoms with Crippen molar-refractivity contribution in [3.8, 4) is 0 Å². The molecule has 0 fully saturated rings. The number of nitrogens with one attached hydrogen (secondary N) is 2. The zero-order valence-corrected chi connectivity index (χ0v) is 15.5. The van der Waals surface area contributed by atoms with Crippen LogP contribution in [0.2, 0.25) is 5.02 Å². The molecule has 2 aromatic carbocycles. The van der Waals surface area contributed by atoms with Crippen molar-refractivity contribution in [2.75, 3.05) is 11.9 Å². The number of rotatable bonds is 5. The minimum absolute atomic E-state index is 0.00650. The molecule has 0 aromatic heterocycles. The van der Waals surface area contributed by atoms with Crippen LogP contribution in [0.4, 0.5) is 10.1 Å². The number of hydrogen-bond donors (Lipinski definition) is 2. The highest BCUT2D eigenvalue weighted by atomic mass is 79.9. The summed E-state index contributed by atoms with van der Waals surface area (Å²) in [6.07, 6.45) is 1.25. The first-order valence-corrected chi connectivity index (χ1v) is 8.38. The van der Waals surface area contributed by atoms with E-state index in [-0.39, 0.29) is 12.5 Å². The number of amides is 1. The predicted molar refractivity (Wildman–Crippen MR) is 97.5 cm³/mol. The lowest BCUT2D eigenvalue weighted by Crippen LogP contribution is -2.26. The van der Waals surface area contributed by atoms with E-state index in [4.69, 9.17) is 11.6 Å². The molecule has 8 heteroatoms. The number of anilines is 1. The molecule has 4 nitrogen and oxygen atoms in total. The van der Waals surface area contributed by atoms with E-state index >= 15 is 0 Å². The molecule has 0 aliphatic rings. The number of benzene rings is 2. The third kappa shape index (κ3) is 5.30. The largest absolute Gasteiger partial charge is 0.374 e. The van der Waals surface area contributed by atoms with Crippen molar-refractivity contribution in [1.82, 2.24) is 5.43 Å². The Bertz CT molecular complexity index is 732. The van der Waals surface area contributed by atoms with Gasteiger partial charge in [-0.15, -0.1) is 0 Å². The number of carbonyl (C=O) groups excluding carboxylic acids is 1. The van der Waals surface area contributed by atoms with Crippen LogP contribution >= 0.6 is 43.5 Å². The number of hydrazone groups is 1. The fraction of sp³-hybridized carbons (Fsp3) is 0.0667. The average Bonchev–Trinajstić information content (AvgIpc) is 2.48.